The van der Waals surface area contributed by atoms with Crippen molar-refractivity contribution in [3.05, 3.63) is 29.3 Å². The zero-order valence-electron chi connectivity index (χ0n) is 11.7. The van der Waals surface area contributed by atoms with Crippen LogP contribution in [0.15, 0.2) is 18.2 Å². The molecule has 0 aliphatic carbocycles. The fourth-order valence-corrected chi connectivity index (χ4v) is 1.77. The number of ether oxygens (including phenoxy) is 1. The molecule has 0 saturated carbocycles. The summed E-state index contributed by atoms with van der Waals surface area (Å²) in [6.45, 7) is 10.5. The maximum Gasteiger partial charge on any atom is 0.122 e. The molecule has 0 amide bonds. The maximum absolute atomic E-state index is 5.90. The Kier molecular flexibility index (Phi) is 5.49. The van der Waals surface area contributed by atoms with Crippen LogP contribution in [0, 0.1) is 12.8 Å². The van der Waals surface area contributed by atoms with Crippen LogP contribution < -0.4 is 10.1 Å². The Labute approximate surface area is 105 Å². The summed E-state index contributed by atoms with van der Waals surface area (Å²) in [5.41, 5.74) is 2.55. The van der Waals surface area contributed by atoms with E-state index in [4.69, 9.17) is 4.74 Å². The SMILES string of the molecule is CNCC(C)COc1cc(C(C)C)ccc1C. The van der Waals surface area contributed by atoms with Crippen LogP contribution in [0.4, 0.5) is 0 Å². The minimum atomic E-state index is 0.530. The molecule has 0 aliphatic rings. The third-order valence-corrected chi connectivity index (χ3v) is 2.95. The predicted octanol–water partition coefficient (Wildman–Crippen LogP) is 3.35. The average molecular weight is 235 g/mol. The Morgan fingerprint density at radius 1 is 1.24 bits per heavy atom. The van der Waals surface area contributed by atoms with E-state index in [1.807, 2.05) is 7.05 Å². The number of hydrogen-bond acceptors (Lipinski definition) is 2. The highest BCUT2D eigenvalue weighted by molar-refractivity contribution is 5.37. The molecule has 96 valence electrons. The van der Waals surface area contributed by atoms with Crippen molar-refractivity contribution in [1.82, 2.24) is 5.32 Å². The number of hydrogen-bond donors (Lipinski definition) is 1. The molecule has 1 unspecified atom stereocenters. The normalized spacial score (nSPS) is 12.8. The fraction of sp³-hybridized carbons (Fsp3) is 0.600. The minimum absolute atomic E-state index is 0.530. The van der Waals surface area contributed by atoms with Gasteiger partial charge in [0.05, 0.1) is 6.61 Å². The van der Waals surface area contributed by atoms with Crippen LogP contribution >= 0.6 is 0 Å². The van der Waals surface area contributed by atoms with Crippen molar-refractivity contribution >= 4 is 0 Å². The first-order valence-electron chi connectivity index (χ1n) is 6.42. The molecule has 0 spiro atoms. The van der Waals surface area contributed by atoms with Crippen molar-refractivity contribution in [2.75, 3.05) is 20.2 Å². The molecule has 1 rings (SSSR count). The van der Waals surface area contributed by atoms with Crippen molar-refractivity contribution in [3.8, 4) is 5.75 Å². The van der Waals surface area contributed by atoms with E-state index < -0.39 is 0 Å². The van der Waals surface area contributed by atoms with Crippen molar-refractivity contribution in [2.45, 2.75) is 33.6 Å². The highest BCUT2D eigenvalue weighted by Crippen LogP contribution is 2.24. The van der Waals surface area contributed by atoms with Crippen molar-refractivity contribution in [3.63, 3.8) is 0 Å². The molecular formula is C15H25NO. The van der Waals surface area contributed by atoms with Gasteiger partial charge >= 0.3 is 0 Å². The summed E-state index contributed by atoms with van der Waals surface area (Å²) in [6, 6.07) is 6.50. The molecule has 0 fully saturated rings. The molecule has 1 atom stereocenters. The summed E-state index contributed by atoms with van der Waals surface area (Å²) in [7, 11) is 1.97. The van der Waals surface area contributed by atoms with E-state index in [0.717, 1.165) is 18.9 Å². The second-order valence-corrected chi connectivity index (χ2v) is 5.15. The highest BCUT2D eigenvalue weighted by atomic mass is 16.5. The van der Waals surface area contributed by atoms with Gasteiger partial charge in [0, 0.05) is 12.5 Å². The summed E-state index contributed by atoms with van der Waals surface area (Å²) >= 11 is 0. The van der Waals surface area contributed by atoms with E-state index in [1.54, 1.807) is 0 Å². The first-order valence-corrected chi connectivity index (χ1v) is 6.42. The molecule has 1 aromatic carbocycles. The number of rotatable bonds is 6. The van der Waals surface area contributed by atoms with Crippen LogP contribution in [0.2, 0.25) is 0 Å². The molecule has 2 nitrogen and oxygen atoms in total. The lowest BCUT2D eigenvalue weighted by molar-refractivity contribution is 0.256. The van der Waals surface area contributed by atoms with Gasteiger partial charge in [0.2, 0.25) is 0 Å². The molecule has 0 bridgehead atoms. The lowest BCUT2D eigenvalue weighted by Gasteiger charge is -2.16. The molecule has 17 heavy (non-hydrogen) atoms. The van der Waals surface area contributed by atoms with Crippen LogP contribution in [-0.4, -0.2) is 20.2 Å². The Bertz CT molecular complexity index is 347. The maximum atomic E-state index is 5.90. The summed E-state index contributed by atoms with van der Waals surface area (Å²) < 4.78 is 5.90. The number of benzene rings is 1. The zero-order valence-corrected chi connectivity index (χ0v) is 11.7. The van der Waals surface area contributed by atoms with Crippen LogP contribution in [0.3, 0.4) is 0 Å². The van der Waals surface area contributed by atoms with Gasteiger partial charge in [-0.15, -0.1) is 0 Å². The quantitative estimate of drug-likeness (QED) is 0.816. The third kappa shape index (κ3) is 4.39. The third-order valence-electron chi connectivity index (χ3n) is 2.95. The van der Waals surface area contributed by atoms with E-state index in [1.165, 1.54) is 11.1 Å². The first kappa shape index (κ1) is 14.0. The van der Waals surface area contributed by atoms with Gasteiger partial charge in [-0.3, -0.25) is 0 Å². The summed E-state index contributed by atoms with van der Waals surface area (Å²) in [5, 5.41) is 3.17. The van der Waals surface area contributed by atoms with Crippen LogP contribution in [-0.2, 0) is 0 Å². The van der Waals surface area contributed by atoms with Crippen molar-refractivity contribution in [1.29, 1.82) is 0 Å². The smallest absolute Gasteiger partial charge is 0.122 e. The van der Waals surface area contributed by atoms with Gasteiger partial charge in [-0.1, -0.05) is 32.9 Å². The molecule has 1 N–H and O–H groups in total. The van der Waals surface area contributed by atoms with E-state index in [2.05, 4.69) is 51.2 Å². The van der Waals surface area contributed by atoms with Gasteiger partial charge in [-0.25, -0.2) is 0 Å². The topological polar surface area (TPSA) is 21.3 Å². The number of aryl methyl sites for hydroxylation is 1. The Hall–Kier alpha value is -1.02. The summed E-state index contributed by atoms with van der Waals surface area (Å²) in [6.07, 6.45) is 0. The van der Waals surface area contributed by atoms with Crippen LogP contribution in [0.5, 0.6) is 5.75 Å². The van der Waals surface area contributed by atoms with Crippen molar-refractivity contribution in [2.24, 2.45) is 5.92 Å². The second kappa shape index (κ2) is 6.65. The predicted molar refractivity (Wildman–Crippen MR) is 73.9 cm³/mol. The van der Waals surface area contributed by atoms with E-state index >= 15 is 0 Å². The fourth-order valence-electron chi connectivity index (χ4n) is 1.77. The van der Waals surface area contributed by atoms with Gasteiger partial charge in [-0.05, 0) is 37.1 Å². The van der Waals surface area contributed by atoms with Gasteiger partial charge in [0.15, 0.2) is 0 Å². The molecule has 1 aromatic rings. The molecule has 0 aliphatic heterocycles. The average Bonchev–Trinajstić information content (AvgIpc) is 2.28. The lowest BCUT2D eigenvalue weighted by Crippen LogP contribution is -2.21. The van der Waals surface area contributed by atoms with E-state index in [-0.39, 0.29) is 0 Å². The molecule has 0 aromatic heterocycles. The molecule has 0 heterocycles. The van der Waals surface area contributed by atoms with Crippen molar-refractivity contribution < 1.29 is 4.74 Å². The van der Waals surface area contributed by atoms with Crippen LogP contribution in [0.1, 0.15) is 37.8 Å². The van der Waals surface area contributed by atoms with Gasteiger partial charge in [-0.2, -0.15) is 0 Å². The second-order valence-electron chi connectivity index (χ2n) is 5.15. The first-order chi connectivity index (χ1) is 8.04. The molecule has 0 saturated heterocycles. The zero-order chi connectivity index (χ0) is 12.8. The lowest BCUT2D eigenvalue weighted by atomic mass is 10.0. The van der Waals surface area contributed by atoms with Gasteiger partial charge in [0.1, 0.15) is 5.75 Å². The summed E-state index contributed by atoms with van der Waals surface area (Å²) in [4.78, 5) is 0. The largest absolute Gasteiger partial charge is 0.493 e. The summed E-state index contributed by atoms with van der Waals surface area (Å²) in [5.74, 6) is 2.11. The highest BCUT2D eigenvalue weighted by Gasteiger charge is 2.07. The molecule has 2 heteroatoms. The van der Waals surface area contributed by atoms with E-state index in [0.29, 0.717) is 11.8 Å². The standard InChI is InChI=1S/C15H25NO/c1-11(2)14-7-6-13(4)15(8-14)17-10-12(3)9-16-5/h6-8,11-12,16H,9-10H2,1-5H3. The van der Waals surface area contributed by atoms with Crippen LogP contribution in [0.25, 0.3) is 0 Å². The van der Waals surface area contributed by atoms with Gasteiger partial charge < -0.3 is 10.1 Å². The van der Waals surface area contributed by atoms with Gasteiger partial charge in [0.25, 0.3) is 0 Å². The Morgan fingerprint density at radius 2 is 1.94 bits per heavy atom. The molecular weight excluding hydrogens is 210 g/mol. The minimum Gasteiger partial charge on any atom is -0.493 e. The Balaban J connectivity index is 2.66. The Morgan fingerprint density at radius 3 is 2.53 bits per heavy atom. The molecule has 0 radical (unpaired) electrons. The van der Waals surface area contributed by atoms with E-state index in [9.17, 15) is 0 Å². The monoisotopic (exact) mass is 235 g/mol. The number of nitrogens with one attached hydrogen (secondary N) is 1.